The van der Waals surface area contributed by atoms with Crippen LogP contribution >= 0.6 is 24.0 Å². The first kappa shape index (κ1) is 21.1. The second kappa shape index (κ2) is 10.2. The highest BCUT2D eigenvalue weighted by molar-refractivity contribution is 14.0. The minimum Gasteiger partial charge on any atom is -0.494 e. The van der Waals surface area contributed by atoms with Crippen LogP contribution in [0, 0.1) is 12.7 Å². The maximum atomic E-state index is 13.8. The van der Waals surface area contributed by atoms with Crippen molar-refractivity contribution in [3.63, 3.8) is 0 Å². The van der Waals surface area contributed by atoms with Gasteiger partial charge in [0, 0.05) is 13.2 Å². The van der Waals surface area contributed by atoms with E-state index in [-0.39, 0.29) is 41.6 Å². The van der Waals surface area contributed by atoms with E-state index in [0.717, 1.165) is 16.8 Å². The number of rotatable bonds is 5. The van der Waals surface area contributed by atoms with Crippen molar-refractivity contribution < 1.29 is 9.13 Å². The Morgan fingerprint density at radius 1 is 1.36 bits per heavy atom. The number of hydrogen-bond donors (Lipinski definition) is 2. The fourth-order valence-corrected chi connectivity index (χ4v) is 2.31. The third kappa shape index (κ3) is 5.84. The Labute approximate surface area is 165 Å². The minimum absolute atomic E-state index is 0. The van der Waals surface area contributed by atoms with Gasteiger partial charge in [0.1, 0.15) is 0 Å². The van der Waals surface area contributed by atoms with Crippen molar-refractivity contribution in [2.45, 2.75) is 26.4 Å². The molecular weight excluding hydrogens is 434 g/mol. The van der Waals surface area contributed by atoms with Gasteiger partial charge in [-0.05, 0) is 43.2 Å². The van der Waals surface area contributed by atoms with Crippen LogP contribution in [0.2, 0.25) is 0 Å². The molecule has 0 fully saturated rings. The summed E-state index contributed by atoms with van der Waals surface area (Å²) in [5, 5.41) is 6.46. The van der Waals surface area contributed by atoms with Crippen molar-refractivity contribution in [1.29, 1.82) is 0 Å². The summed E-state index contributed by atoms with van der Waals surface area (Å²) in [5.41, 5.74) is 2.89. The Morgan fingerprint density at radius 2 is 2.12 bits per heavy atom. The van der Waals surface area contributed by atoms with Crippen molar-refractivity contribution in [2.75, 3.05) is 14.2 Å². The molecule has 0 aliphatic heterocycles. The Morgan fingerprint density at radius 3 is 2.72 bits per heavy atom. The zero-order chi connectivity index (χ0) is 17.5. The highest BCUT2D eigenvalue weighted by Gasteiger charge is 2.11. The van der Waals surface area contributed by atoms with Crippen molar-refractivity contribution in [1.82, 2.24) is 15.6 Å². The van der Waals surface area contributed by atoms with E-state index in [1.165, 1.54) is 13.2 Å². The predicted molar refractivity (Wildman–Crippen MR) is 109 cm³/mol. The number of nitrogens with zero attached hydrogens (tertiary/aromatic N) is 2. The Hall–Kier alpha value is -1.90. The fraction of sp³-hybridized carbons (Fsp3) is 0.333. The summed E-state index contributed by atoms with van der Waals surface area (Å²) in [6.45, 7) is 4.53. The van der Waals surface area contributed by atoms with Gasteiger partial charge in [0.05, 0.1) is 25.4 Å². The van der Waals surface area contributed by atoms with Crippen LogP contribution in [-0.4, -0.2) is 25.1 Å². The van der Waals surface area contributed by atoms with E-state index in [0.29, 0.717) is 12.5 Å². The number of aromatic nitrogens is 1. The second-order valence-corrected chi connectivity index (χ2v) is 5.45. The first-order chi connectivity index (χ1) is 11.5. The molecule has 0 radical (unpaired) electrons. The number of methoxy groups -OCH3 is 1. The van der Waals surface area contributed by atoms with E-state index in [4.69, 9.17) is 4.74 Å². The largest absolute Gasteiger partial charge is 0.494 e. The Balaban J connectivity index is 0.00000312. The fourth-order valence-electron chi connectivity index (χ4n) is 2.31. The highest BCUT2D eigenvalue weighted by Crippen LogP contribution is 2.21. The number of aryl methyl sites for hydroxylation is 1. The van der Waals surface area contributed by atoms with Gasteiger partial charge < -0.3 is 15.4 Å². The van der Waals surface area contributed by atoms with Crippen LogP contribution in [-0.2, 0) is 6.54 Å². The molecule has 1 aromatic heterocycles. The highest BCUT2D eigenvalue weighted by atomic mass is 127. The van der Waals surface area contributed by atoms with E-state index in [2.05, 4.69) is 20.6 Å². The summed E-state index contributed by atoms with van der Waals surface area (Å²) >= 11 is 0. The number of benzene rings is 1. The molecule has 136 valence electrons. The van der Waals surface area contributed by atoms with Crippen LogP contribution < -0.4 is 15.4 Å². The zero-order valence-corrected chi connectivity index (χ0v) is 17.2. The normalized spacial score (nSPS) is 12.1. The monoisotopic (exact) mass is 458 g/mol. The number of halogens is 2. The van der Waals surface area contributed by atoms with Gasteiger partial charge in [-0.25, -0.2) is 4.39 Å². The van der Waals surface area contributed by atoms with Gasteiger partial charge >= 0.3 is 0 Å². The SMILES string of the molecule is CN=C(NCc1ncccc1C)NC(C)c1ccc(OC)c(F)c1.I. The Bertz CT molecular complexity index is 724. The van der Waals surface area contributed by atoms with Crippen LogP contribution in [0.1, 0.15) is 29.8 Å². The third-order valence-electron chi connectivity index (χ3n) is 3.79. The average Bonchev–Trinajstić information content (AvgIpc) is 2.59. The maximum Gasteiger partial charge on any atom is 0.191 e. The lowest BCUT2D eigenvalue weighted by molar-refractivity contribution is 0.386. The summed E-state index contributed by atoms with van der Waals surface area (Å²) in [7, 11) is 3.15. The van der Waals surface area contributed by atoms with Gasteiger partial charge in [-0.3, -0.25) is 9.98 Å². The second-order valence-electron chi connectivity index (χ2n) is 5.45. The molecule has 25 heavy (non-hydrogen) atoms. The minimum atomic E-state index is -0.379. The number of pyridine rings is 1. The lowest BCUT2D eigenvalue weighted by Gasteiger charge is -2.19. The van der Waals surface area contributed by atoms with Crippen LogP contribution in [0.3, 0.4) is 0 Å². The molecule has 1 heterocycles. The third-order valence-corrected chi connectivity index (χ3v) is 3.79. The maximum absolute atomic E-state index is 13.8. The number of aliphatic imine (C=N–C) groups is 1. The Kier molecular flexibility index (Phi) is 8.60. The molecule has 1 aromatic carbocycles. The molecule has 1 unspecified atom stereocenters. The van der Waals surface area contributed by atoms with Gasteiger partial charge in [0.25, 0.3) is 0 Å². The summed E-state index contributed by atoms with van der Waals surface area (Å²) in [4.78, 5) is 8.55. The molecule has 0 saturated carbocycles. The molecule has 0 bridgehead atoms. The molecule has 0 spiro atoms. The van der Waals surface area contributed by atoms with Gasteiger partial charge in [-0.1, -0.05) is 12.1 Å². The van der Waals surface area contributed by atoms with E-state index >= 15 is 0 Å². The molecule has 2 N–H and O–H groups in total. The number of hydrogen-bond acceptors (Lipinski definition) is 3. The van der Waals surface area contributed by atoms with Crippen molar-refractivity contribution >= 4 is 29.9 Å². The molecular formula is C18H24FIN4O. The molecule has 5 nitrogen and oxygen atoms in total. The first-order valence-corrected chi connectivity index (χ1v) is 7.76. The summed E-state index contributed by atoms with van der Waals surface area (Å²) < 4.78 is 18.8. The van der Waals surface area contributed by atoms with Crippen molar-refractivity contribution in [3.05, 3.63) is 59.2 Å². The average molecular weight is 458 g/mol. The first-order valence-electron chi connectivity index (χ1n) is 7.76. The number of nitrogens with one attached hydrogen (secondary N) is 2. The van der Waals surface area contributed by atoms with E-state index in [1.807, 2.05) is 32.0 Å². The lowest BCUT2D eigenvalue weighted by atomic mass is 10.1. The summed E-state index contributed by atoms with van der Waals surface area (Å²) in [6.07, 6.45) is 1.77. The van der Waals surface area contributed by atoms with Crippen LogP contribution in [0.4, 0.5) is 4.39 Å². The van der Waals surface area contributed by atoms with E-state index < -0.39 is 0 Å². The molecule has 7 heteroatoms. The van der Waals surface area contributed by atoms with Gasteiger partial charge in [0.2, 0.25) is 0 Å². The molecule has 0 aliphatic rings. The number of ether oxygens (including phenoxy) is 1. The smallest absolute Gasteiger partial charge is 0.191 e. The van der Waals surface area contributed by atoms with Gasteiger partial charge in [0.15, 0.2) is 17.5 Å². The molecule has 2 rings (SSSR count). The van der Waals surface area contributed by atoms with Gasteiger partial charge in [-0.15, -0.1) is 24.0 Å². The standard InChI is InChI=1S/C18H23FN4O.HI/c1-12-6-5-9-21-16(12)11-22-18(20-3)23-13(2)14-7-8-17(24-4)15(19)10-14;/h5-10,13H,11H2,1-4H3,(H2,20,22,23);1H. The van der Waals surface area contributed by atoms with Gasteiger partial charge in [-0.2, -0.15) is 0 Å². The van der Waals surface area contributed by atoms with E-state index in [9.17, 15) is 4.39 Å². The molecule has 0 amide bonds. The van der Waals surface area contributed by atoms with E-state index in [1.54, 1.807) is 19.3 Å². The quantitative estimate of drug-likeness (QED) is 0.409. The molecule has 0 aliphatic carbocycles. The van der Waals surface area contributed by atoms with Crippen LogP contribution in [0.25, 0.3) is 0 Å². The molecule has 2 aromatic rings. The van der Waals surface area contributed by atoms with Crippen LogP contribution in [0.5, 0.6) is 5.75 Å². The zero-order valence-electron chi connectivity index (χ0n) is 14.8. The van der Waals surface area contributed by atoms with Crippen molar-refractivity contribution in [2.24, 2.45) is 4.99 Å². The van der Waals surface area contributed by atoms with Crippen LogP contribution in [0.15, 0.2) is 41.5 Å². The summed E-state index contributed by atoms with van der Waals surface area (Å²) in [5.74, 6) is 0.485. The molecule has 0 saturated heterocycles. The predicted octanol–water partition coefficient (Wildman–Crippen LogP) is 3.58. The number of guanidine groups is 1. The topological polar surface area (TPSA) is 58.5 Å². The molecule has 1 atom stereocenters. The van der Waals surface area contributed by atoms with Crippen molar-refractivity contribution in [3.8, 4) is 5.75 Å². The summed E-state index contributed by atoms with van der Waals surface area (Å²) in [6, 6.07) is 8.73. The lowest BCUT2D eigenvalue weighted by Crippen LogP contribution is -2.38.